The van der Waals surface area contributed by atoms with Gasteiger partial charge in [-0.1, -0.05) is 24.3 Å². The van der Waals surface area contributed by atoms with Crippen LogP contribution in [0.25, 0.3) is 20.7 Å². The number of ether oxygens (including phenoxy) is 1. The fourth-order valence-electron chi connectivity index (χ4n) is 2.75. The van der Waals surface area contributed by atoms with E-state index in [1.54, 1.807) is 12.3 Å². The van der Waals surface area contributed by atoms with E-state index in [4.69, 9.17) is 10.5 Å². The minimum atomic E-state index is -0.798. The SMILES string of the molecule is NCc1ccc(-c2cc3nccc(Oc4ccc([N+](=O)[O-])cc4F)c3s2)cc1. The van der Waals surface area contributed by atoms with Gasteiger partial charge in [-0.2, -0.15) is 0 Å². The van der Waals surface area contributed by atoms with Crippen molar-refractivity contribution in [1.29, 1.82) is 0 Å². The summed E-state index contributed by atoms with van der Waals surface area (Å²) < 4.78 is 20.6. The number of aromatic nitrogens is 1. The number of hydrogen-bond donors (Lipinski definition) is 1. The first-order valence-electron chi connectivity index (χ1n) is 8.35. The molecule has 0 radical (unpaired) electrons. The number of nitrogens with zero attached hydrogens (tertiary/aromatic N) is 2. The molecule has 0 aliphatic rings. The molecule has 0 fully saturated rings. The Bertz CT molecular complexity index is 1180. The molecule has 0 bridgehead atoms. The van der Waals surface area contributed by atoms with Gasteiger partial charge in [0.1, 0.15) is 5.75 Å². The number of nitro groups is 1. The fourth-order valence-corrected chi connectivity index (χ4v) is 3.82. The van der Waals surface area contributed by atoms with Crippen LogP contribution in [-0.2, 0) is 6.54 Å². The standard InChI is InChI=1S/C20H14FN3O3S/c21-15-9-14(24(25)26)5-6-17(15)27-18-7-8-23-16-10-19(28-20(16)18)13-3-1-12(11-22)2-4-13/h1-10H,11,22H2. The van der Waals surface area contributed by atoms with Gasteiger partial charge in [0.05, 0.1) is 21.2 Å². The maximum atomic E-state index is 14.2. The molecular formula is C20H14FN3O3S. The van der Waals surface area contributed by atoms with Gasteiger partial charge in [0, 0.05) is 29.8 Å². The van der Waals surface area contributed by atoms with Crippen molar-refractivity contribution < 1.29 is 14.1 Å². The van der Waals surface area contributed by atoms with E-state index in [9.17, 15) is 14.5 Å². The second-order valence-corrected chi connectivity index (χ2v) is 7.06. The Morgan fingerprint density at radius 3 is 2.57 bits per heavy atom. The second-order valence-electron chi connectivity index (χ2n) is 6.01. The Balaban J connectivity index is 1.70. The zero-order valence-corrected chi connectivity index (χ0v) is 15.3. The zero-order valence-electron chi connectivity index (χ0n) is 14.5. The third-order valence-corrected chi connectivity index (χ3v) is 5.38. The Hall–Kier alpha value is -3.36. The quantitative estimate of drug-likeness (QED) is 0.367. The summed E-state index contributed by atoms with van der Waals surface area (Å²) in [5.74, 6) is -0.443. The lowest BCUT2D eigenvalue weighted by atomic mass is 10.1. The summed E-state index contributed by atoms with van der Waals surface area (Å²) in [5, 5.41) is 10.8. The second kappa shape index (κ2) is 7.34. The average molecular weight is 395 g/mol. The van der Waals surface area contributed by atoms with Gasteiger partial charge in [0.15, 0.2) is 11.6 Å². The van der Waals surface area contributed by atoms with Crippen molar-refractivity contribution in [3.05, 3.63) is 82.3 Å². The van der Waals surface area contributed by atoms with Crippen LogP contribution in [0, 0.1) is 15.9 Å². The van der Waals surface area contributed by atoms with Gasteiger partial charge < -0.3 is 10.5 Å². The molecule has 0 amide bonds. The monoisotopic (exact) mass is 395 g/mol. The van der Waals surface area contributed by atoms with Crippen LogP contribution in [0.3, 0.4) is 0 Å². The molecule has 2 aromatic heterocycles. The molecule has 0 aliphatic carbocycles. The molecule has 0 spiro atoms. The third-order valence-electron chi connectivity index (χ3n) is 4.20. The van der Waals surface area contributed by atoms with Gasteiger partial charge in [0.25, 0.3) is 5.69 Å². The number of hydrogen-bond acceptors (Lipinski definition) is 6. The minimum absolute atomic E-state index is 0.0830. The Kier molecular flexibility index (Phi) is 4.72. The lowest BCUT2D eigenvalue weighted by molar-refractivity contribution is -0.385. The van der Waals surface area contributed by atoms with Crippen molar-refractivity contribution in [3.8, 4) is 21.9 Å². The molecule has 4 rings (SSSR count). The van der Waals surface area contributed by atoms with Crippen LogP contribution in [0.2, 0.25) is 0 Å². The van der Waals surface area contributed by atoms with Crippen molar-refractivity contribution in [2.75, 3.05) is 0 Å². The summed E-state index contributed by atoms with van der Waals surface area (Å²) in [7, 11) is 0. The topological polar surface area (TPSA) is 91.3 Å². The molecule has 8 heteroatoms. The van der Waals surface area contributed by atoms with E-state index in [0.717, 1.165) is 32.3 Å². The predicted octanol–water partition coefficient (Wildman–Crippen LogP) is 5.26. The first-order chi connectivity index (χ1) is 13.5. The van der Waals surface area contributed by atoms with Crippen molar-refractivity contribution in [1.82, 2.24) is 4.98 Å². The molecule has 6 nitrogen and oxygen atoms in total. The van der Waals surface area contributed by atoms with E-state index < -0.39 is 10.7 Å². The van der Waals surface area contributed by atoms with Gasteiger partial charge in [-0.25, -0.2) is 4.39 Å². The molecule has 0 aliphatic heterocycles. The fraction of sp³-hybridized carbons (Fsp3) is 0.0500. The maximum absolute atomic E-state index is 14.2. The molecular weight excluding hydrogens is 381 g/mol. The molecule has 28 heavy (non-hydrogen) atoms. The van der Waals surface area contributed by atoms with Crippen LogP contribution >= 0.6 is 11.3 Å². The maximum Gasteiger partial charge on any atom is 0.272 e. The van der Waals surface area contributed by atoms with Crippen LogP contribution in [0.1, 0.15) is 5.56 Å². The van der Waals surface area contributed by atoms with E-state index in [1.165, 1.54) is 23.5 Å². The average Bonchev–Trinajstić information content (AvgIpc) is 3.14. The van der Waals surface area contributed by atoms with Crippen molar-refractivity contribution >= 4 is 27.2 Å². The number of nitrogens with two attached hydrogens (primary N) is 1. The summed E-state index contributed by atoms with van der Waals surface area (Å²) in [6, 6.07) is 14.8. The largest absolute Gasteiger partial charge is 0.453 e. The van der Waals surface area contributed by atoms with Gasteiger partial charge >= 0.3 is 0 Å². The smallest absolute Gasteiger partial charge is 0.272 e. The lowest BCUT2D eigenvalue weighted by Gasteiger charge is -2.07. The minimum Gasteiger partial charge on any atom is -0.453 e. The van der Waals surface area contributed by atoms with Crippen LogP contribution in [-0.4, -0.2) is 9.91 Å². The van der Waals surface area contributed by atoms with E-state index in [2.05, 4.69) is 4.98 Å². The molecule has 4 aromatic rings. The highest BCUT2D eigenvalue weighted by molar-refractivity contribution is 7.22. The number of pyridine rings is 1. The molecule has 2 heterocycles. The highest BCUT2D eigenvalue weighted by atomic mass is 32.1. The van der Waals surface area contributed by atoms with Crippen molar-refractivity contribution in [2.24, 2.45) is 5.73 Å². The van der Waals surface area contributed by atoms with Crippen LogP contribution in [0.15, 0.2) is 60.8 Å². The van der Waals surface area contributed by atoms with Crippen LogP contribution in [0.4, 0.5) is 10.1 Å². The molecule has 0 saturated heterocycles. The van der Waals surface area contributed by atoms with E-state index >= 15 is 0 Å². The van der Waals surface area contributed by atoms with E-state index in [1.807, 2.05) is 30.3 Å². The predicted molar refractivity (Wildman–Crippen MR) is 106 cm³/mol. The van der Waals surface area contributed by atoms with Gasteiger partial charge in [-0.3, -0.25) is 15.1 Å². The highest BCUT2D eigenvalue weighted by Gasteiger charge is 2.15. The Labute approximate surface area is 163 Å². The van der Waals surface area contributed by atoms with Crippen LogP contribution in [0.5, 0.6) is 11.5 Å². The number of fused-ring (bicyclic) bond motifs is 1. The zero-order chi connectivity index (χ0) is 19.7. The Morgan fingerprint density at radius 1 is 1.11 bits per heavy atom. The molecule has 2 N–H and O–H groups in total. The molecule has 0 saturated carbocycles. The van der Waals surface area contributed by atoms with Gasteiger partial charge in [-0.05, 0) is 23.3 Å². The first-order valence-corrected chi connectivity index (χ1v) is 9.16. The lowest BCUT2D eigenvalue weighted by Crippen LogP contribution is -1.94. The number of nitro benzene ring substituents is 1. The summed E-state index contributed by atoms with van der Waals surface area (Å²) in [6.07, 6.45) is 1.58. The number of non-ortho nitro benzene ring substituents is 1. The van der Waals surface area contributed by atoms with Gasteiger partial charge in [-0.15, -0.1) is 11.3 Å². The number of benzene rings is 2. The van der Waals surface area contributed by atoms with Crippen LogP contribution < -0.4 is 10.5 Å². The number of halogens is 1. The molecule has 2 aromatic carbocycles. The summed E-state index contributed by atoms with van der Waals surface area (Å²) in [4.78, 5) is 15.4. The summed E-state index contributed by atoms with van der Waals surface area (Å²) >= 11 is 1.47. The van der Waals surface area contributed by atoms with Gasteiger partial charge in [0.2, 0.25) is 0 Å². The molecule has 140 valence electrons. The normalized spacial score (nSPS) is 10.9. The number of thiophene rings is 1. The van der Waals surface area contributed by atoms with Crippen molar-refractivity contribution in [3.63, 3.8) is 0 Å². The Morgan fingerprint density at radius 2 is 1.89 bits per heavy atom. The summed E-state index contributed by atoms with van der Waals surface area (Å²) in [5.41, 5.74) is 8.10. The first kappa shape index (κ1) is 18.0. The summed E-state index contributed by atoms with van der Waals surface area (Å²) in [6.45, 7) is 0.479. The number of rotatable bonds is 5. The van der Waals surface area contributed by atoms with E-state index in [-0.39, 0.29) is 11.4 Å². The molecule has 0 unspecified atom stereocenters. The third kappa shape index (κ3) is 3.42. The van der Waals surface area contributed by atoms with Crippen molar-refractivity contribution in [2.45, 2.75) is 6.54 Å². The highest BCUT2D eigenvalue weighted by Crippen LogP contribution is 2.39. The van der Waals surface area contributed by atoms with E-state index in [0.29, 0.717) is 12.3 Å². The molecule has 0 atom stereocenters.